The molecule has 17 heavy (non-hydrogen) atoms. The molecule has 0 amide bonds. The molecule has 0 saturated heterocycles. The highest BCUT2D eigenvalue weighted by molar-refractivity contribution is 5.95. The highest BCUT2D eigenvalue weighted by Gasteiger charge is 2.35. The number of alkyl halides is 3. The summed E-state index contributed by atoms with van der Waals surface area (Å²) in [5.41, 5.74) is -0.721. The molecule has 5 heteroatoms. The van der Waals surface area contributed by atoms with Gasteiger partial charge in [-0.2, -0.15) is 13.2 Å². The van der Waals surface area contributed by atoms with Gasteiger partial charge in [0.05, 0.1) is 12.7 Å². The fraction of sp³-hybridized carbons (Fsp3) is 0.417. The summed E-state index contributed by atoms with van der Waals surface area (Å²) in [6, 6.07) is 2.22. The van der Waals surface area contributed by atoms with Crippen molar-refractivity contribution in [3.8, 4) is 5.75 Å². The summed E-state index contributed by atoms with van der Waals surface area (Å²) >= 11 is 0. The van der Waals surface area contributed by atoms with E-state index in [1.165, 1.54) is 20.1 Å². The predicted molar refractivity (Wildman–Crippen MR) is 57.4 cm³/mol. The van der Waals surface area contributed by atoms with Crippen LogP contribution in [-0.4, -0.2) is 12.9 Å². The minimum atomic E-state index is -4.48. The molecule has 0 radical (unpaired) electrons. The van der Waals surface area contributed by atoms with Crippen molar-refractivity contribution < 1.29 is 22.7 Å². The van der Waals surface area contributed by atoms with Crippen LogP contribution in [0.4, 0.5) is 13.2 Å². The third kappa shape index (κ3) is 2.78. The number of ether oxygens (including phenoxy) is 1. The Morgan fingerprint density at radius 2 is 1.94 bits per heavy atom. The van der Waals surface area contributed by atoms with Crippen molar-refractivity contribution in [2.45, 2.75) is 26.4 Å². The molecule has 1 aromatic carbocycles. The van der Waals surface area contributed by atoms with Crippen LogP contribution in [0.5, 0.6) is 5.75 Å². The topological polar surface area (TPSA) is 26.3 Å². The lowest BCUT2D eigenvalue weighted by Gasteiger charge is -2.16. The van der Waals surface area contributed by atoms with E-state index in [0.29, 0.717) is 0 Å². The van der Waals surface area contributed by atoms with Crippen LogP contribution in [0, 0.1) is 0 Å². The predicted octanol–water partition coefficient (Wildman–Crippen LogP) is 3.48. The second-order valence-corrected chi connectivity index (χ2v) is 3.61. The second kappa shape index (κ2) is 4.77. The van der Waals surface area contributed by atoms with Crippen molar-refractivity contribution in [3.63, 3.8) is 0 Å². The van der Waals surface area contributed by atoms with Gasteiger partial charge in [0.2, 0.25) is 0 Å². The number of benzene rings is 1. The average Bonchev–Trinajstić information content (AvgIpc) is 2.25. The second-order valence-electron chi connectivity index (χ2n) is 3.61. The first-order valence-electron chi connectivity index (χ1n) is 5.10. The minimum Gasteiger partial charge on any atom is -0.496 e. The molecule has 2 nitrogen and oxygen atoms in total. The van der Waals surface area contributed by atoms with Gasteiger partial charge in [-0.05, 0) is 25.5 Å². The standard InChI is InChI=1S/C12H13F3O2/c1-4-9-10(12(13,14)15)5-8(7(2)16)6-11(9)17-3/h5-6H,4H2,1-3H3. The van der Waals surface area contributed by atoms with Crippen LogP contribution in [-0.2, 0) is 12.6 Å². The number of carbonyl (C=O) groups is 1. The molecule has 94 valence electrons. The summed E-state index contributed by atoms with van der Waals surface area (Å²) in [5.74, 6) is -0.316. The molecule has 0 aliphatic rings. The lowest BCUT2D eigenvalue weighted by Crippen LogP contribution is -2.12. The quantitative estimate of drug-likeness (QED) is 0.763. The Balaban J connectivity index is 3.54. The molecule has 0 fully saturated rings. The van der Waals surface area contributed by atoms with Gasteiger partial charge < -0.3 is 4.74 Å². The van der Waals surface area contributed by atoms with Gasteiger partial charge in [-0.15, -0.1) is 0 Å². The van der Waals surface area contributed by atoms with Crippen LogP contribution in [0.2, 0.25) is 0 Å². The molecule has 0 spiro atoms. The third-order valence-electron chi connectivity index (χ3n) is 2.49. The molecular weight excluding hydrogens is 233 g/mol. The summed E-state index contributed by atoms with van der Waals surface area (Å²) in [6.45, 7) is 2.83. The van der Waals surface area contributed by atoms with Crippen LogP contribution in [0.3, 0.4) is 0 Å². The maximum absolute atomic E-state index is 12.8. The Kier molecular flexibility index (Phi) is 3.80. The van der Waals surface area contributed by atoms with Crippen LogP contribution >= 0.6 is 0 Å². The van der Waals surface area contributed by atoms with Crippen molar-refractivity contribution in [1.82, 2.24) is 0 Å². The van der Waals surface area contributed by atoms with Crippen molar-refractivity contribution >= 4 is 5.78 Å². The van der Waals surface area contributed by atoms with E-state index in [-0.39, 0.29) is 23.3 Å². The molecule has 0 atom stereocenters. The summed E-state index contributed by atoms with van der Waals surface area (Å²) < 4.78 is 43.4. The zero-order chi connectivity index (χ0) is 13.2. The van der Waals surface area contributed by atoms with E-state index >= 15 is 0 Å². The molecular formula is C12H13F3O2. The molecule has 0 aliphatic carbocycles. The van der Waals surface area contributed by atoms with Gasteiger partial charge in [0.25, 0.3) is 0 Å². The van der Waals surface area contributed by atoms with Crippen molar-refractivity contribution in [3.05, 3.63) is 28.8 Å². The molecule has 0 bridgehead atoms. The maximum atomic E-state index is 12.8. The van der Waals surface area contributed by atoms with E-state index in [9.17, 15) is 18.0 Å². The zero-order valence-electron chi connectivity index (χ0n) is 9.81. The summed E-state index contributed by atoms with van der Waals surface area (Å²) in [5, 5.41) is 0. The fourth-order valence-electron chi connectivity index (χ4n) is 1.65. The Morgan fingerprint density at radius 1 is 1.35 bits per heavy atom. The van der Waals surface area contributed by atoms with Gasteiger partial charge >= 0.3 is 6.18 Å². The Morgan fingerprint density at radius 3 is 2.29 bits per heavy atom. The zero-order valence-corrected chi connectivity index (χ0v) is 9.81. The highest BCUT2D eigenvalue weighted by atomic mass is 19.4. The summed E-state index contributed by atoms with van der Waals surface area (Å²) in [7, 11) is 1.29. The number of ketones is 1. The van der Waals surface area contributed by atoms with Crippen molar-refractivity contribution in [2.24, 2.45) is 0 Å². The summed E-state index contributed by atoms with van der Waals surface area (Å²) in [4.78, 5) is 11.2. The van der Waals surface area contributed by atoms with E-state index in [0.717, 1.165) is 6.07 Å². The Bertz CT molecular complexity index is 436. The summed E-state index contributed by atoms with van der Waals surface area (Å²) in [6.07, 6.45) is -4.29. The monoisotopic (exact) mass is 246 g/mol. The van der Waals surface area contributed by atoms with Gasteiger partial charge in [-0.3, -0.25) is 4.79 Å². The molecule has 0 heterocycles. The van der Waals surface area contributed by atoms with E-state index < -0.39 is 17.5 Å². The molecule has 1 aromatic rings. The Hall–Kier alpha value is -1.52. The van der Waals surface area contributed by atoms with Gasteiger partial charge in [-0.25, -0.2) is 0 Å². The van der Waals surface area contributed by atoms with Gasteiger partial charge in [0.15, 0.2) is 5.78 Å². The average molecular weight is 246 g/mol. The fourth-order valence-corrected chi connectivity index (χ4v) is 1.65. The highest BCUT2D eigenvalue weighted by Crippen LogP contribution is 2.37. The van der Waals surface area contributed by atoms with Gasteiger partial charge in [0, 0.05) is 11.1 Å². The number of hydrogen-bond donors (Lipinski definition) is 0. The largest absolute Gasteiger partial charge is 0.496 e. The van der Waals surface area contributed by atoms with Crippen LogP contribution < -0.4 is 4.74 Å². The van der Waals surface area contributed by atoms with Crippen LogP contribution in [0.25, 0.3) is 0 Å². The number of Topliss-reactive ketones (excluding diaryl/α,β-unsaturated/α-hetero) is 1. The van der Waals surface area contributed by atoms with E-state index in [1.807, 2.05) is 0 Å². The molecule has 1 rings (SSSR count). The van der Waals surface area contributed by atoms with Gasteiger partial charge in [0.1, 0.15) is 5.75 Å². The third-order valence-corrected chi connectivity index (χ3v) is 2.49. The maximum Gasteiger partial charge on any atom is 0.416 e. The van der Waals surface area contributed by atoms with Gasteiger partial charge in [-0.1, -0.05) is 6.92 Å². The molecule has 0 saturated carbocycles. The minimum absolute atomic E-state index is 0.00590. The molecule has 0 aromatic heterocycles. The van der Waals surface area contributed by atoms with Crippen LogP contribution in [0.1, 0.15) is 35.3 Å². The number of rotatable bonds is 3. The normalized spacial score (nSPS) is 11.4. The first-order chi connectivity index (χ1) is 7.81. The molecule has 0 N–H and O–H groups in total. The van der Waals surface area contributed by atoms with Crippen LogP contribution in [0.15, 0.2) is 12.1 Å². The number of methoxy groups -OCH3 is 1. The number of carbonyl (C=O) groups excluding carboxylic acids is 1. The first kappa shape index (κ1) is 13.5. The van der Waals surface area contributed by atoms with Crippen molar-refractivity contribution in [2.75, 3.05) is 7.11 Å². The lowest BCUT2D eigenvalue weighted by atomic mass is 9.98. The SMILES string of the molecule is CCc1c(OC)cc(C(C)=O)cc1C(F)(F)F. The Labute approximate surface area is 97.4 Å². The smallest absolute Gasteiger partial charge is 0.416 e. The van der Waals surface area contributed by atoms with E-state index in [2.05, 4.69) is 0 Å². The first-order valence-corrected chi connectivity index (χ1v) is 5.10. The lowest BCUT2D eigenvalue weighted by molar-refractivity contribution is -0.138. The number of halogens is 3. The number of hydrogen-bond acceptors (Lipinski definition) is 2. The molecule has 0 aliphatic heterocycles. The van der Waals surface area contributed by atoms with E-state index in [4.69, 9.17) is 4.74 Å². The van der Waals surface area contributed by atoms with Crippen molar-refractivity contribution in [1.29, 1.82) is 0 Å². The van der Waals surface area contributed by atoms with E-state index in [1.54, 1.807) is 6.92 Å². The molecule has 0 unspecified atom stereocenters.